The molecule has 1 atom stereocenters. The van der Waals surface area contributed by atoms with Gasteiger partial charge in [-0.05, 0) is 57.4 Å². The van der Waals surface area contributed by atoms with Gasteiger partial charge in [-0.2, -0.15) is 11.8 Å². The van der Waals surface area contributed by atoms with Crippen LogP contribution in [0.3, 0.4) is 0 Å². The Labute approximate surface area is 120 Å². The smallest absolute Gasteiger partial charge is 0.0388 e. The van der Waals surface area contributed by atoms with Crippen molar-refractivity contribution in [2.75, 3.05) is 6.26 Å². The summed E-state index contributed by atoms with van der Waals surface area (Å²) in [5.74, 6) is 0. The first-order chi connectivity index (χ1) is 8.72. The molecule has 3 heteroatoms. The van der Waals surface area contributed by atoms with E-state index in [-0.39, 0.29) is 0 Å². The van der Waals surface area contributed by atoms with Crippen LogP contribution in [-0.2, 0) is 6.42 Å². The maximum Gasteiger partial charge on any atom is 0.0388 e. The molecule has 0 spiro atoms. The van der Waals surface area contributed by atoms with E-state index in [1.807, 2.05) is 23.1 Å². The van der Waals surface area contributed by atoms with E-state index in [0.717, 1.165) is 17.7 Å². The number of thioether (sulfide) groups is 1. The third kappa shape index (κ3) is 3.75. The highest BCUT2D eigenvalue weighted by Crippen LogP contribution is 2.29. The van der Waals surface area contributed by atoms with Crippen molar-refractivity contribution in [2.24, 2.45) is 0 Å². The topological polar surface area (TPSA) is 12.0 Å². The Morgan fingerprint density at radius 2 is 2.06 bits per heavy atom. The molecule has 1 heterocycles. The molecular formula is C15H25NS2. The van der Waals surface area contributed by atoms with Crippen LogP contribution in [0.25, 0.3) is 0 Å². The summed E-state index contributed by atoms with van der Waals surface area (Å²) in [6.45, 7) is 4.54. The van der Waals surface area contributed by atoms with Crippen molar-refractivity contribution in [3.05, 3.63) is 21.9 Å². The van der Waals surface area contributed by atoms with E-state index in [1.54, 1.807) is 0 Å². The Balaban J connectivity index is 1.82. The lowest BCUT2D eigenvalue weighted by atomic mass is 9.94. The Morgan fingerprint density at radius 3 is 2.61 bits per heavy atom. The Hall–Kier alpha value is 0.01000. The van der Waals surface area contributed by atoms with E-state index in [1.165, 1.54) is 35.4 Å². The Bertz CT molecular complexity index is 353. The molecule has 1 aliphatic rings. The highest BCUT2D eigenvalue weighted by molar-refractivity contribution is 7.99. The van der Waals surface area contributed by atoms with Crippen LogP contribution in [0.4, 0.5) is 0 Å². The molecule has 1 aromatic heterocycles. The number of nitrogens with one attached hydrogen (secondary N) is 1. The van der Waals surface area contributed by atoms with Crippen LogP contribution in [0.15, 0.2) is 12.1 Å². The first-order valence-corrected chi connectivity index (χ1v) is 9.20. The van der Waals surface area contributed by atoms with Crippen LogP contribution < -0.4 is 5.32 Å². The van der Waals surface area contributed by atoms with Crippen LogP contribution in [0, 0.1) is 0 Å². The molecule has 2 rings (SSSR count). The molecule has 1 aromatic rings. The van der Waals surface area contributed by atoms with E-state index >= 15 is 0 Å². The van der Waals surface area contributed by atoms with Crippen LogP contribution in [0.5, 0.6) is 0 Å². The van der Waals surface area contributed by atoms with E-state index in [0.29, 0.717) is 6.04 Å². The van der Waals surface area contributed by atoms with E-state index < -0.39 is 0 Å². The average Bonchev–Trinajstić information content (AvgIpc) is 2.88. The number of thiophene rings is 1. The Kier molecular flexibility index (Phi) is 5.58. The normalized spacial score (nSPS) is 26.2. The summed E-state index contributed by atoms with van der Waals surface area (Å²) in [6.07, 6.45) is 8.88. The Morgan fingerprint density at radius 1 is 1.33 bits per heavy atom. The minimum Gasteiger partial charge on any atom is -0.307 e. The maximum atomic E-state index is 3.82. The molecule has 1 aliphatic carbocycles. The zero-order valence-corrected chi connectivity index (χ0v) is 13.4. The number of rotatable bonds is 5. The second-order valence-electron chi connectivity index (χ2n) is 5.26. The molecule has 0 amide bonds. The van der Waals surface area contributed by atoms with Crippen molar-refractivity contribution in [1.29, 1.82) is 0 Å². The summed E-state index contributed by atoms with van der Waals surface area (Å²) < 4.78 is 0. The van der Waals surface area contributed by atoms with E-state index in [2.05, 4.69) is 37.6 Å². The molecule has 0 aliphatic heterocycles. The molecule has 1 nitrogen and oxygen atoms in total. The number of hydrogen-bond donors (Lipinski definition) is 1. The van der Waals surface area contributed by atoms with Gasteiger partial charge in [0.15, 0.2) is 0 Å². The second-order valence-corrected chi connectivity index (χ2v) is 7.59. The molecule has 102 valence electrons. The van der Waals surface area contributed by atoms with Gasteiger partial charge >= 0.3 is 0 Å². The highest BCUT2D eigenvalue weighted by atomic mass is 32.2. The van der Waals surface area contributed by atoms with Gasteiger partial charge in [-0.25, -0.2) is 0 Å². The molecule has 18 heavy (non-hydrogen) atoms. The minimum atomic E-state index is 0.520. The molecule has 1 saturated carbocycles. The fraction of sp³-hybridized carbons (Fsp3) is 0.733. The van der Waals surface area contributed by atoms with Crippen molar-refractivity contribution in [3.63, 3.8) is 0 Å². The fourth-order valence-electron chi connectivity index (χ4n) is 2.72. The van der Waals surface area contributed by atoms with Crippen molar-refractivity contribution >= 4 is 23.1 Å². The van der Waals surface area contributed by atoms with Gasteiger partial charge in [-0.3, -0.25) is 0 Å². The van der Waals surface area contributed by atoms with E-state index in [9.17, 15) is 0 Å². The standard InChI is InChI=1S/C15H25NS2/c1-4-13-9-10-15(18-13)11(2)16-12-5-7-14(17-3)8-6-12/h9-12,14,16H,4-8H2,1-3H3. The van der Waals surface area contributed by atoms with Gasteiger partial charge in [-0.1, -0.05) is 6.92 Å². The third-order valence-corrected chi connectivity index (χ3v) is 6.50. The summed E-state index contributed by atoms with van der Waals surface area (Å²) in [5.41, 5.74) is 0. The third-order valence-electron chi connectivity index (χ3n) is 3.95. The summed E-state index contributed by atoms with van der Waals surface area (Å²) in [4.78, 5) is 3.00. The van der Waals surface area contributed by atoms with Crippen molar-refractivity contribution < 1.29 is 0 Å². The molecule has 0 radical (unpaired) electrons. The molecule has 1 unspecified atom stereocenters. The van der Waals surface area contributed by atoms with Crippen molar-refractivity contribution in [1.82, 2.24) is 5.32 Å². The summed E-state index contributed by atoms with van der Waals surface area (Å²) in [5, 5.41) is 4.73. The summed E-state index contributed by atoms with van der Waals surface area (Å²) >= 11 is 4.01. The van der Waals surface area contributed by atoms with Gasteiger partial charge in [0.25, 0.3) is 0 Å². The van der Waals surface area contributed by atoms with Crippen LogP contribution >= 0.6 is 23.1 Å². The quantitative estimate of drug-likeness (QED) is 0.845. The lowest BCUT2D eigenvalue weighted by molar-refractivity contribution is 0.354. The SMILES string of the molecule is CCc1ccc(C(C)NC2CCC(SC)CC2)s1. The van der Waals surface area contributed by atoms with Gasteiger partial charge in [0.2, 0.25) is 0 Å². The van der Waals surface area contributed by atoms with Gasteiger partial charge < -0.3 is 5.32 Å². The predicted molar refractivity (Wildman–Crippen MR) is 84.8 cm³/mol. The molecule has 0 bridgehead atoms. The van der Waals surface area contributed by atoms with Gasteiger partial charge in [0, 0.05) is 27.1 Å². The molecular weight excluding hydrogens is 258 g/mol. The van der Waals surface area contributed by atoms with Crippen molar-refractivity contribution in [3.8, 4) is 0 Å². The van der Waals surface area contributed by atoms with Crippen LogP contribution in [0.2, 0.25) is 0 Å². The largest absolute Gasteiger partial charge is 0.307 e. The second kappa shape index (κ2) is 6.97. The number of aryl methyl sites for hydroxylation is 1. The zero-order valence-electron chi connectivity index (χ0n) is 11.7. The maximum absolute atomic E-state index is 3.82. The molecule has 1 N–H and O–H groups in total. The lowest BCUT2D eigenvalue weighted by Crippen LogP contribution is -2.35. The van der Waals surface area contributed by atoms with Gasteiger partial charge in [0.05, 0.1) is 0 Å². The van der Waals surface area contributed by atoms with Crippen molar-refractivity contribution in [2.45, 2.75) is 63.3 Å². The van der Waals surface area contributed by atoms with Gasteiger partial charge in [-0.15, -0.1) is 11.3 Å². The first kappa shape index (κ1) is 14.4. The molecule has 0 saturated heterocycles. The summed E-state index contributed by atoms with van der Waals surface area (Å²) in [7, 11) is 0. The predicted octanol–water partition coefficient (Wildman–Crippen LogP) is 4.64. The number of hydrogen-bond acceptors (Lipinski definition) is 3. The molecule has 1 fully saturated rings. The first-order valence-electron chi connectivity index (χ1n) is 7.10. The monoisotopic (exact) mass is 283 g/mol. The summed E-state index contributed by atoms with van der Waals surface area (Å²) in [6, 6.07) is 5.83. The van der Waals surface area contributed by atoms with E-state index in [4.69, 9.17) is 0 Å². The zero-order chi connectivity index (χ0) is 13.0. The molecule has 0 aromatic carbocycles. The van der Waals surface area contributed by atoms with Gasteiger partial charge in [0.1, 0.15) is 0 Å². The van der Waals surface area contributed by atoms with Crippen LogP contribution in [-0.4, -0.2) is 17.5 Å². The van der Waals surface area contributed by atoms with Crippen LogP contribution in [0.1, 0.15) is 55.3 Å². The minimum absolute atomic E-state index is 0.520. The lowest BCUT2D eigenvalue weighted by Gasteiger charge is -2.30. The highest BCUT2D eigenvalue weighted by Gasteiger charge is 2.22. The fourth-order valence-corrected chi connectivity index (χ4v) is 4.43. The average molecular weight is 284 g/mol.